The van der Waals surface area contributed by atoms with Crippen LogP contribution in [0.15, 0.2) is 36.7 Å². The third-order valence-corrected chi connectivity index (χ3v) is 3.60. The smallest absolute Gasteiger partial charge is 0.223 e. The minimum Gasteiger partial charge on any atom is -0.346 e. The van der Waals surface area contributed by atoms with E-state index in [4.69, 9.17) is 5.26 Å². The highest BCUT2D eigenvalue weighted by molar-refractivity contribution is 7.88. The van der Waals surface area contributed by atoms with Crippen LogP contribution in [0.2, 0.25) is 0 Å². The summed E-state index contributed by atoms with van der Waals surface area (Å²) in [5, 5.41) is 11.7. The highest BCUT2D eigenvalue weighted by Gasteiger charge is 2.15. The summed E-state index contributed by atoms with van der Waals surface area (Å²) in [6.07, 6.45) is 3.75. The molecule has 120 valence electrons. The predicted molar refractivity (Wildman–Crippen MR) is 82.4 cm³/mol. The van der Waals surface area contributed by atoms with Gasteiger partial charge in [0.15, 0.2) is 0 Å². The van der Waals surface area contributed by atoms with Crippen molar-refractivity contribution in [1.82, 2.24) is 14.7 Å². The molecule has 7 nitrogen and oxygen atoms in total. The maximum absolute atomic E-state index is 13.0. The lowest BCUT2D eigenvalue weighted by Crippen LogP contribution is -2.31. The maximum Gasteiger partial charge on any atom is 0.223 e. The van der Waals surface area contributed by atoms with Gasteiger partial charge in [0.05, 0.1) is 30.3 Å². The predicted octanol–water partition coefficient (Wildman–Crippen LogP) is 1.19. The standard InChI is InChI=1S/C14H14FN5O2S/c1-23(21,22)19-9-13(11-2-4-12(15)5-3-11)20-14-17-7-10(6-16)8-18-14/h2-5,7-8,13,19H,9H2,1H3,(H,17,18,20). The molecule has 0 amide bonds. The SMILES string of the molecule is CS(=O)(=O)NCC(Nc1ncc(C#N)cn1)c1ccc(F)cc1. The van der Waals surface area contributed by atoms with Crippen LogP contribution in [0.3, 0.4) is 0 Å². The molecule has 0 radical (unpaired) electrons. The molecule has 1 heterocycles. The Labute approximate surface area is 133 Å². The molecule has 2 rings (SSSR count). The van der Waals surface area contributed by atoms with E-state index in [1.165, 1.54) is 24.5 Å². The molecule has 9 heteroatoms. The summed E-state index contributed by atoms with van der Waals surface area (Å²) in [7, 11) is -3.39. The second kappa shape index (κ2) is 7.13. The fourth-order valence-corrected chi connectivity index (χ4v) is 2.27. The number of anilines is 1. The van der Waals surface area contributed by atoms with Crippen LogP contribution >= 0.6 is 0 Å². The van der Waals surface area contributed by atoms with Crippen LogP contribution in [0.4, 0.5) is 10.3 Å². The summed E-state index contributed by atoms with van der Waals surface area (Å²) in [4.78, 5) is 7.96. The average Bonchev–Trinajstić information content (AvgIpc) is 2.52. The average molecular weight is 335 g/mol. The third kappa shape index (κ3) is 5.28. The number of hydrogen-bond donors (Lipinski definition) is 2. The molecular weight excluding hydrogens is 321 g/mol. The van der Waals surface area contributed by atoms with E-state index in [0.29, 0.717) is 11.1 Å². The van der Waals surface area contributed by atoms with E-state index >= 15 is 0 Å². The van der Waals surface area contributed by atoms with Crippen molar-refractivity contribution in [3.63, 3.8) is 0 Å². The molecule has 1 aromatic heterocycles. The second-order valence-electron chi connectivity index (χ2n) is 4.78. The van der Waals surface area contributed by atoms with Gasteiger partial charge in [0.2, 0.25) is 16.0 Å². The van der Waals surface area contributed by atoms with E-state index in [0.717, 1.165) is 6.26 Å². The van der Waals surface area contributed by atoms with Crippen LogP contribution in [-0.2, 0) is 10.0 Å². The first-order valence-electron chi connectivity index (χ1n) is 6.56. The third-order valence-electron chi connectivity index (χ3n) is 2.91. The zero-order chi connectivity index (χ0) is 16.9. The fourth-order valence-electron chi connectivity index (χ4n) is 1.80. The molecule has 1 unspecified atom stereocenters. The van der Waals surface area contributed by atoms with Crippen LogP contribution in [-0.4, -0.2) is 31.2 Å². The second-order valence-corrected chi connectivity index (χ2v) is 6.61. The molecule has 0 bridgehead atoms. The molecule has 0 aliphatic heterocycles. The number of aromatic nitrogens is 2. The molecule has 1 aromatic carbocycles. The molecule has 0 fully saturated rings. The normalized spacial score (nSPS) is 12.4. The van der Waals surface area contributed by atoms with Gasteiger partial charge in [0.1, 0.15) is 11.9 Å². The minimum absolute atomic E-state index is 0.0355. The van der Waals surface area contributed by atoms with Crippen LogP contribution in [0, 0.1) is 17.1 Å². The van der Waals surface area contributed by atoms with Gasteiger partial charge in [0.25, 0.3) is 0 Å². The highest BCUT2D eigenvalue weighted by atomic mass is 32.2. The number of nitrogens with one attached hydrogen (secondary N) is 2. The number of nitrogens with zero attached hydrogens (tertiary/aromatic N) is 3. The van der Waals surface area contributed by atoms with Crippen molar-refractivity contribution in [2.75, 3.05) is 18.1 Å². The number of sulfonamides is 1. The molecule has 0 spiro atoms. The quantitative estimate of drug-likeness (QED) is 0.821. The summed E-state index contributed by atoms with van der Waals surface area (Å²) in [5.74, 6) is -0.160. The number of nitriles is 1. The fraction of sp³-hybridized carbons (Fsp3) is 0.214. The van der Waals surface area contributed by atoms with Gasteiger partial charge >= 0.3 is 0 Å². The Hall–Kier alpha value is -2.57. The van der Waals surface area contributed by atoms with E-state index in [2.05, 4.69) is 20.0 Å². The van der Waals surface area contributed by atoms with Crippen LogP contribution in [0.5, 0.6) is 0 Å². The molecule has 0 saturated carbocycles. The Morgan fingerprint density at radius 2 is 1.87 bits per heavy atom. The van der Waals surface area contributed by atoms with Crippen LogP contribution < -0.4 is 10.0 Å². The van der Waals surface area contributed by atoms with Gasteiger partial charge in [-0.15, -0.1) is 0 Å². The Bertz CT molecular complexity index is 801. The van der Waals surface area contributed by atoms with Gasteiger partial charge in [0, 0.05) is 6.54 Å². The summed E-state index contributed by atoms with van der Waals surface area (Å²) in [6.45, 7) is 0.0355. The molecule has 23 heavy (non-hydrogen) atoms. The Morgan fingerprint density at radius 1 is 1.26 bits per heavy atom. The summed E-state index contributed by atoms with van der Waals surface area (Å²) in [6, 6.07) is 7.05. The Morgan fingerprint density at radius 3 is 2.39 bits per heavy atom. The van der Waals surface area contributed by atoms with Gasteiger partial charge in [-0.25, -0.2) is 27.5 Å². The molecule has 0 aliphatic carbocycles. The number of halogens is 1. The van der Waals surface area contributed by atoms with E-state index in [1.54, 1.807) is 12.1 Å². The molecule has 2 aromatic rings. The lowest BCUT2D eigenvalue weighted by molar-refractivity contribution is 0.581. The van der Waals surface area contributed by atoms with Crippen molar-refractivity contribution in [2.24, 2.45) is 0 Å². The first-order chi connectivity index (χ1) is 10.9. The zero-order valence-corrected chi connectivity index (χ0v) is 13.0. The monoisotopic (exact) mass is 335 g/mol. The van der Waals surface area contributed by atoms with Crippen LogP contribution in [0.1, 0.15) is 17.2 Å². The van der Waals surface area contributed by atoms with Crippen LogP contribution in [0.25, 0.3) is 0 Å². The van der Waals surface area contributed by atoms with Crippen molar-refractivity contribution in [2.45, 2.75) is 6.04 Å². The molecule has 2 N–H and O–H groups in total. The minimum atomic E-state index is -3.39. The number of benzene rings is 1. The largest absolute Gasteiger partial charge is 0.346 e. The first kappa shape index (κ1) is 16.8. The summed E-state index contributed by atoms with van der Waals surface area (Å²) in [5.41, 5.74) is 0.971. The van der Waals surface area contributed by atoms with E-state index in [-0.39, 0.29) is 12.5 Å². The topological polar surface area (TPSA) is 108 Å². The van der Waals surface area contributed by atoms with Gasteiger partial charge in [-0.1, -0.05) is 12.1 Å². The molecule has 0 aliphatic rings. The van der Waals surface area contributed by atoms with Crippen molar-refractivity contribution >= 4 is 16.0 Å². The lowest BCUT2D eigenvalue weighted by Gasteiger charge is -2.19. The Balaban J connectivity index is 2.21. The number of rotatable bonds is 6. The lowest BCUT2D eigenvalue weighted by atomic mass is 10.1. The highest BCUT2D eigenvalue weighted by Crippen LogP contribution is 2.17. The summed E-state index contributed by atoms with van der Waals surface area (Å²) < 4.78 is 38.0. The maximum atomic E-state index is 13.0. The van der Waals surface area contributed by atoms with Crippen molar-refractivity contribution in [1.29, 1.82) is 5.26 Å². The summed E-state index contributed by atoms with van der Waals surface area (Å²) >= 11 is 0. The first-order valence-corrected chi connectivity index (χ1v) is 8.45. The number of hydrogen-bond acceptors (Lipinski definition) is 6. The zero-order valence-electron chi connectivity index (χ0n) is 12.2. The van der Waals surface area contributed by atoms with E-state index in [9.17, 15) is 12.8 Å². The van der Waals surface area contributed by atoms with Gasteiger partial charge < -0.3 is 5.32 Å². The molecular formula is C14H14FN5O2S. The van der Waals surface area contributed by atoms with Gasteiger partial charge in [-0.3, -0.25) is 0 Å². The van der Waals surface area contributed by atoms with Gasteiger partial charge in [-0.2, -0.15) is 5.26 Å². The molecule has 0 saturated heterocycles. The van der Waals surface area contributed by atoms with Crippen molar-refractivity contribution < 1.29 is 12.8 Å². The molecule has 1 atom stereocenters. The van der Waals surface area contributed by atoms with Crippen molar-refractivity contribution in [3.8, 4) is 6.07 Å². The van der Waals surface area contributed by atoms with E-state index in [1.807, 2.05) is 6.07 Å². The van der Waals surface area contributed by atoms with E-state index < -0.39 is 21.9 Å². The van der Waals surface area contributed by atoms with Gasteiger partial charge in [-0.05, 0) is 17.7 Å². The Kier molecular flexibility index (Phi) is 5.20. The van der Waals surface area contributed by atoms with Crippen molar-refractivity contribution in [3.05, 3.63) is 53.6 Å².